The number of nitrogens with one attached hydrogen (secondary N) is 2. The van der Waals surface area contributed by atoms with Gasteiger partial charge in [0.1, 0.15) is 5.76 Å². The molecule has 0 aromatic carbocycles. The summed E-state index contributed by atoms with van der Waals surface area (Å²) >= 11 is 0. The number of hydrogen-bond donors (Lipinski definition) is 2. The van der Waals surface area contributed by atoms with Crippen LogP contribution in [0.15, 0.2) is 22.8 Å². The highest BCUT2D eigenvalue weighted by Crippen LogP contribution is 2.11. The first kappa shape index (κ1) is 12.8. The van der Waals surface area contributed by atoms with Crippen LogP contribution in [0.1, 0.15) is 32.6 Å². The van der Waals surface area contributed by atoms with E-state index in [2.05, 4.69) is 10.6 Å². The van der Waals surface area contributed by atoms with E-state index in [9.17, 15) is 4.79 Å². The van der Waals surface area contributed by atoms with Crippen molar-refractivity contribution in [2.45, 2.75) is 26.8 Å². The fraction of sp³-hybridized carbons (Fsp3) is 0.583. The molecule has 0 radical (unpaired) electrons. The van der Waals surface area contributed by atoms with E-state index in [1.165, 1.54) is 0 Å². The fourth-order valence-corrected chi connectivity index (χ4v) is 1.32. The number of amides is 1. The van der Waals surface area contributed by atoms with Crippen molar-refractivity contribution >= 4 is 5.91 Å². The summed E-state index contributed by atoms with van der Waals surface area (Å²) in [4.78, 5) is 11.3. The average Bonchev–Trinajstić information content (AvgIpc) is 2.76. The van der Waals surface area contributed by atoms with E-state index >= 15 is 0 Å². The molecular formula is C12H20N2O2. The van der Waals surface area contributed by atoms with Crippen LogP contribution in [-0.4, -0.2) is 19.0 Å². The molecule has 4 nitrogen and oxygen atoms in total. The minimum Gasteiger partial charge on any atom is -0.468 e. The molecule has 2 N–H and O–H groups in total. The Morgan fingerprint density at radius 1 is 1.38 bits per heavy atom. The van der Waals surface area contributed by atoms with Gasteiger partial charge in [0, 0.05) is 19.0 Å². The summed E-state index contributed by atoms with van der Waals surface area (Å²) in [5.41, 5.74) is 0. The Kier molecular flexibility index (Phi) is 5.05. The third kappa shape index (κ3) is 4.06. The maximum Gasteiger partial charge on any atom is 0.222 e. The SMILES string of the molecule is CC(C)C(=O)NCCNC(C)c1ccco1. The van der Waals surface area contributed by atoms with Crippen LogP contribution in [0.2, 0.25) is 0 Å². The molecule has 1 rings (SSSR count). The lowest BCUT2D eigenvalue weighted by atomic mass is 10.2. The van der Waals surface area contributed by atoms with Crippen LogP contribution >= 0.6 is 0 Å². The monoisotopic (exact) mass is 224 g/mol. The third-order valence-corrected chi connectivity index (χ3v) is 2.37. The first-order valence-corrected chi connectivity index (χ1v) is 5.65. The van der Waals surface area contributed by atoms with Gasteiger partial charge in [-0.1, -0.05) is 13.8 Å². The molecule has 1 atom stereocenters. The predicted octanol–water partition coefficient (Wildman–Crippen LogP) is 1.70. The lowest BCUT2D eigenvalue weighted by Gasteiger charge is -2.12. The van der Waals surface area contributed by atoms with Crippen molar-refractivity contribution < 1.29 is 9.21 Å². The standard InChI is InChI=1S/C12H20N2O2/c1-9(2)12(15)14-7-6-13-10(3)11-5-4-8-16-11/h4-5,8-10,13H,6-7H2,1-3H3,(H,14,15). The van der Waals surface area contributed by atoms with Crippen LogP contribution in [0.25, 0.3) is 0 Å². The van der Waals surface area contributed by atoms with E-state index in [-0.39, 0.29) is 17.9 Å². The van der Waals surface area contributed by atoms with Crippen LogP contribution in [0, 0.1) is 5.92 Å². The summed E-state index contributed by atoms with van der Waals surface area (Å²) in [6.07, 6.45) is 1.66. The Morgan fingerprint density at radius 3 is 2.69 bits per heavy atom. The van der Waals surface area contributed by atoms with Gasteiger partial charge in [0.2, 0.25) is 5.91 Å². The summed E-state index contributed by atoms with van der Waals surface area (Å²) in [5, 5.41) is 6.12. The minimum atomic E-state index is 0.0440. The van der Waals surface area contributed by atoms with Crippen LogP contribution in [0.4, 0.5) is 0 Å². The van der Waals surface area contributed by atoms with Gasteiger partial charge < -0.3 is 15.1 Å². The van der Waals surface area contributed by atoms with Gasteiger partial charge in [0.05, 0.1) is 12.3 Å². The smallest absolute Gasteiger partial charge is 0.222 e. The fourth-order valence-electron chi connectivity index (χ4n) is 1.32. The summed E-state index contributed by atoms with van der Waals surface area (Å²) in [5.74, 6) is 1.05. The topological polar surface area (TPSA) is 54.3 Å². The summed E-state index contributed by atoms with van der Waals surface area (Å²) in [6, 6.07) is 3.98. The molecule has 0 aliphatic rings. The molecule has 1 heterocycles. The van der Waals surface area contributed by atoms with E-state index < -0.39 is 0 Å². The number of rotatable bonds is 6. The first-order valence-electron chi connectivity index (χ1n) is 5.65. The van der Waals surface area contributed by atoms with Gasteiger partial charge in [-0.15, -0.1) is 0 Å². The third-order valence-electron chi connectivity index (χ3n) is 2.37. The minimum absolute atomic E-state index is 0.0440. The predicted molar refractivity (Wildman–Crippen MR) is 63.0 cm³/mol. The Hall–Kier alpha value is -1.29. The summed E-state index contributed by atoms with van der Waals surface area (Å²) < 4.78 is 5.26. The van der Waals surface area contributed by atoms with Crippen LogP contribution in [-0.2, 0) is 4.79 Å². The number of carbonyl (C=O) groups is 1. The second kappa shape index (κ2) is 6.33. The van der Waals surface area contributed by atoms with Crippen LogP contribution < -0.4 is 10.6 Å². The summed E-state index contributed by atoms with van der Waals surface area (Å²) in [7, 11) is 0. The summed E-state index contributed by atoms with van der Waals surface area (Å²) in [6.45, 7) is 7.17. The number of carbonyl (C=O) groups excluding carboxylic acids is 1. The molecule has 0 spiro atoms. The molecule has 16 heavy (non-hydrogen) atoms. The molecule has 1 unspecified atom stereocenters. The van der Waals surface area contributed by atoms with E-state index in [4.69, 9.17) is 4.42 Å². The van der Waals surface area contributed by atoms with Gasteiger partial charge in [0.25, 0.3) is 0 Å². The molecule has 0 bridgehead atoms. The molecule has 0 aliphatic carbocycles. The Bertz CT molecular complexity index is 307. The second-order valence-electron chi connectivity index (χ2n) is 4.14. The van der Waals surface area contributed by atoms with Gasteiger partial charge in [-0.25, -0.2) is 0 Å². The van der Waals surface area contributed by atoms with E-state index in [1.54, 1.807) is 6.26 Å². The zero-order chi connectivity index (χ0) is 12.0. The largest absolute Gasteiger partial charge is 0.468 e. The van der Waals surface area contributed by atoms with Gasteiger partial charge in [0.15, 0.2) is 0 Å². The molecule has 0 fully saturated rings. The lowest BCUT2D eigenvalue weighted by molar-refractivity contribution is -0.123. The molecule has 90 valence electrons. The zero-order valence-corrected chi connectivity index (χ0v) is 10.1. The maximum atomic E-state index is 11.3. The molecular weight excluding hydrogens is 204 g/mol. The highest BCUT2D eigenvalue weighted by Gasteiger charge is 2.08. The molecule has 4 heteroatoms. The number of furan rings is 1. The van der Waals surface area contributed by atoms with Gasteiger partial charge in [-0.3, -0.25) is 4.79 Å². The molecule has 0 saturated carbocycles. The van der Waals surface area contributed by atoms with Gasteiger partial charge in [-0.05, 0) is 19.1 Å². The zero-order valence-electron chi connectivity index (χ0n) is 10.1. The Labute approximate surface area is 96.4 Å². The molecule has 0 aliphatic heterocycles. The van der Waals surface area contributed by atoms with Crippen molar-refractivity contribution in [2.24, 2.45) is 5.92 Å². The highest BCUT2D eigenvalue weighted by molar-refractivity contribution is 5.77. The van der Waals surface area contributed by atoms with Crippen LogP contribution in [0.3, 0.4) is 0 Å². The van der Waals surface area contributed by atoms with E-state index in [0.717, 1.165) is 12.3 Å². The van der Waals surface area contributed by atoms with Crippen molar-refractivity contribution in [3.63, 3.8) is 0 Å². The van der Waals surface area contributed by atoms with Crippen molar-refractivity contribution in [3.05, 3.63) is 24.2 Å². The van der Waals surface area contributed by atoms with Gasteiger partial charge >= 0.3 is 0 Å². The van der Waals surface area contributed by atoms with Crippen molar-refractivity contribution in [1.29, 1.82) is 0 Å². The number of hydrogen-bond acceptors (Lipinski definition) is 3. The molecule has 1 aromatic rings. The van der Waals surface area contributed by atoms with E-state index in [1.807, 2.05) is 32.9 Å². The Balaban J connectivity index is 2.14. The molecule has 0 saturated heterocycles. The molecule has 1 aromatic heterocycles. The maximum absolute atomic E-state index is 11.3. The Morgan fingerprint density at radius 2 is 2.12 bits per heavy atom. The highest BCUT2D eigenvalue weighted by atomic mass is 16.3. The van der Waals surface area contributed by atoms with Crippen LogP contribution in [0.5, 0.6) is 0 Å². The van der Waals surface area contributed by atoms with Crippen molar-refractivity contribution in [3.8, 4) is 0 Å². The normalized spacial score (nSPS) is 12.8. The quantitative estimate of drug-likeness (QED) is 0.723. The van der Waals surface area contributed by atoms with E-state index in [0.29, 0.717) is 6.54 Å². The van der Waals surface area contributed by atoms with Crippen molar-refractivity contribution in [1.82, 2.24) is 10.6 Å². The van der Waals surface area contributed by atoms with Crippen molar-refractivity contribution in [2.75, 3.05) is 13.1 Å². The first-order chi connectivity index (χ1) is 7.61. The molecule has 1 amide bonds. The van der Waals surface area contributed by atoms with Gasteiger partial charge in [-0.2, -0.15) is 0 Å². The second-order valence-corrected chi connectivity index (χ2v) is 4.14. The average molecular weight is 224 g/mol. The lowest BCUT2D eigenvalue weighted by Crippen LogP contribution is -2.34.